The average Bonchev–Trinajstić information content (AvgIpc) is 2.74. The topological polar surface area (TPSA) is 137 Å². The number of benzene rings is 1. The van der Waals surface area contributed by atoms with Crippen molar-refractivity contribution in [1.29, 1.82) is 0 Å². The summed E-state index contributed by atoms with van der Waals surface area (Å²) < 4.78 is 10.2. The molecule has 0 aliphatic carbocycles. The van der Waals surface area contributed by atoms with Gasteiger partial charge < -0.3 is 20.1 Å². The fraction of sp³-hybridized carbons (Fsp3) is 0.625. The predicted molar refractivity (Wildman–Crippen MR) is 127 cm³/mol. The Morgan fingerprint density at radius 1 is 1.06 bits per heavy atom. The van der Waals surface area contributed by atoms with Crippen LogP contribution in [0.2, 0.25) is 0 Å². The van der Waals surface area contributed by atoms with Crippen molar-refractivity contribution >= 4 is 17.8 Å². The van der Waals surface area contributed by atoms with Crippen LogP contribution in [-0.4, -0.2) is 55.6 Å². The molecule has 0 bridgehead atoms. The third-order valence-electron chi connectivity index (χ3n) is 5.33. The van der Waals surface area contributed by atoms with Crippen LogP contribution in [0, 0.1) is 27.4 Å². The third kappa shape index (κ3) is 8.99. The number of esters is 1. The van der Waals surface area contributed by atoms with Gasteiger partial charge in [-0.1, -0.05) is 52.8 Å². The maximum atomic E-state index is 13.3. The SMILES string of the molecule is COC(=O)[C@@H](Cc1ccccc1OC)NC(=O)[C@@H](NC(=O)[C@H](CC(C)C)C[N+](=O)[O-])C(C)(C)C. The van der Waals surface area contributed by atoms with Gasteiger partial charge in [-0.05, 0) is 29.4 Å². The van der Waals surface area contributed by atoms with Gasteiger partial charge in [-0.25, -0.2) is 4.79 Å². The van der Waals surface area contributed by atoms with Gasteiger partial charge in [-0.15, -0.1) is 0 Å². The minimum absolute atomic E-state index is 0.0576. The maximum Gasteiger partial charge on any atom is 0.328 e. The Morgan fingerprint density at radius 2 is 1.68 bits per heavy atom. The van der Waals surface area contributed by atoms with E-state index in [1.165, 1.54) is 14.2 Å². The molecule has 0 aromatic heterocycles. The summed E-state index contributed by atoms with van der Waals surface area (Å²) in [6.45, 7) is 8.49. The Balaban J connectivity index is 3.14. The molecule has 0 spiro atoms. The van der Waals surface area contributed by atoms with E-state index in [0.717, 1.165) is 0 Å². The number of methoxy groups -OCH3 is 2. The molecule has 10 heteroatoms. The smallest absolute Gasteiger partial charge is 0.328 e. The van der Waals surface area contributed by atoms with Crippen molar-refractivity contribution < 1.29 is 28.8 Å². The van der Waals surface area contributed by atoms with E-state index in [1.54, 1.807) is 45.0 Å². The lowest BCUT2D eigenvalue weighted by Crippen LogP contribution is -2.58. The van der Waals surface area contributed by atoms with Gasteiger partial charge in [0.2, 0.25) is 18.4 Å². The summed E-state index contributed by atoms with van der Waals surface area (Å²) in [6.07, 6.45) is 0.425. The summed E-state index contributed by atoms with van der Waals surface area (Å²) in [5.41, 5.74) is -0.0398. The molecule has 0 heterocycles. The molecule has 34 heavy (non-hydrogen) atoms. The van der Waals surface area contributed by atoms with Crippen molar-refractivity contribution in [1.82, 2.24) is 10.6 Å². The first-order valence-electron chi connectivity index (χ1n) is 11.2. The van der Waals surface area contributed by atoms with E-state index in [1.807, 2.05) is 13.8 Å². The normalized spacial score (nSPS) is 14.0. The van der Waals surface area contributed by atoms with Crippen molar-refractivity contribution in [3.8, 4) is 5.75 Å². The standard InChI is InChI=1S/C24H37N3O7/c1-15(2)12-17(14-27(31)32)21(28)26-20(24(3,4)5)22(29)25-18(23(30)34-7)13-16-10-8-9-11-19(16)33-6/h8-11,15,17-18,20H,12-14H2,1-7H3,(H,25,29)(H,26,28)/t17-,18-,20-/m1/s1. The van der Waals surface area contributed by atoms with Crippen LogP contribution in [0.15, 0.2) is 24.3 Å². The molecule has 0 unspecified atom stereocenters. The summed E-state index contributed by atoms with van der Waals surface area (Å²) in [7, 11) is 2.73. The molecule has 0 radical (unpaired) electrons. The average molecular weight is 480 g/mol. The van der Waals surface area contributed by atoms with E-state index in [-0.39, 0.29) is 12.3 Å². The Bertz CT molecular complexity index is 864. The third-order valence-corrected chi connectivity index (χ3v) is 5.33. The highest BCUT2D eigenvalue weighted by Crippen LogP contribution is 2.23. The van der Waals surface area contributed by atoms with Crippen LogP contribution in [0.25, 0.3) is 0 Å². The molecule has 190 valence electrons. The molecule has 1 aromatic rings. The molecule has 1 rings (SSSR count). The monoisotopic (exact) mass is 479 g/mol. The van der Waals surface area contributed by atoms with Gasteiger partial charge in [-0.3, -0.25) is 19.7 Å². The zero-order valence-electron chi connectivity index (χ0n) is 21.0. The number of rotatable bonds is 12. The second kappa shape index (κ2) is 12.9. The predicted octanol–water partition coefficient (Wildman–Crippen LogP) is 2.37. The molecule has 0 fully saturated rings. The van der Waals surface area contributed by atoms with Gasteiger partial charge in [0, 0.05) is 11.3 Å². The van der Waals surface area contributed by atoms with Crippen LogP contribution in [0.1, 0.15) is 46.6 Å². The number of para-hydroxylation sites is 1. The van der Waals surface area contributed by atoms with Crippen LogP contribution in [0.5, 0.6) is 5.75 Å². The largest absolute Gasteiger partial charge is 0.496 e. The highest BCUT2D eigenvalue weighted by Gasteiger charge is 2.37. The number of nitrogens with zero attached hydrogens (tertiary/aromatic N) is 1. The van der Waals surface area contributed by atoms with E-state index in [9.17, 15) is 24.5 Å². The first kappa shape index (κ1) is 28.9. The lowest BCUT2D eigenvalue weighted by Gasteiger charge is -2.32. The van der Waals surface area contributed by atoms with Crippen LogP contribution in [0.4, 0.5) is 0 Å². The van der Waals surface area contributed by atoms with E-state index in [4.69, 9.17) is 9.47 Å². The van der Waals surface area contributed by atoms with Crippen LogP contribution < -0.4 is 15.4 Å². The van der Waals surface area contributed by atoms with Crippen LogP contribution in [0.3, 0.4) is 0 Å². The molecule has 2 amide bonds. The van der Waals surface area contributed by atoms with Gasteiger partial charge in [0.15, 0.2) is 0 Å². The molecule has 0 aliphatic heterocycles. The minimum atomic E-state index is -1.04. The lowest BCUT2D eigenvalue weighted by molar-refractivity contribution is -0.486. The zero-order chi connectivity index (χ0) is 26.1. The molecule has 3 atom stereocenters. The van der Waals surface area contributed by atoms with Gasteiger partial charge in [0.25, 0.3) is 0 Å². The van der Waals surface area contributed by atoms with Crippen molar-refractivity contribution in [2.24, 2.45) is 17.3 Å². The summed E-state index contributed by atoms with van der Waals surface area (Å²) in [5.74, 6) is -2.07. The van der Waals surface area contributed by atoms with Gasteiger partial charge in [0.1, 0.15) is 23.8 Å². The maximum absolute atomic E-state index is 13.3. The first-order valence-corrected chi connectivity index (χ1v) is 11.2. The van der Waals surface area contributed by atoms with Gasteiger partial charge in [-0.2, -0.15) is 0 Å². The van der Waals surface area contributed by atoms with Gasteiger partial charge in [0.05, 0.1) is 14.2 Å². The highest BCUT2D eigenvalue weighted by atomic mass is 16.6. The fourth-order valence-electron chi connectivity index (χ4n) is 3.63. The quantitative estimate of drug-likeness (QED) is 0.267. The number of hydrogen-bond donors (Lipinski definition) is 2. The molecule has 2 N–H and O–H groups in total. The van der Waals surface area contributed by atoms with Crippen LogP contribution in [-0.2, 0) is 25.5 Å². The molecule has 0 aliphatic rings. The molecule has 1 aromatic carbocycles. The number of nitrogens with one attached hydrogen (secondary N) is 2. The Labute approximate surface area is 200 Å². The van der Waals surface area contributed by atoms with Crippen LogP contribution >= 0.6 is 0 Å². The summed E-state index contributed by atoms with van der Waals surface area (Å²) in [5, 5.41) is 16.4. The Kier molecular flexibility index (Phi) is 11.0. The van der Waals surface area contributed by atoms with Gasteiger partial charge >= 0.3 is 5.97 Å². The summed E-state index contributed by atoms with van der Waals surface area (Å²) >= 11 is 0. The van der Waals surface area contributed by atoms with E-state index >= 15 is 0 Å². The molecule has 0 saturated carbocycles. The second-order valence-electron chi connectivity index (χ2n) is 9.75. The fourth-order valence-corrected chi connectivity index (χ4v) is 3.63. The Morgan fingerprint density at radius 3 is 2.18 bits per heavy atom. The minimum Gasteiger partial charge on any atom is -0.496 e. The van der Waals surface area contributed by atoms with E-state index in [2.05, 4.69) is 10.6 Å². The number of carbonyl (C=O) groups excluding carboxylic acids is 3. The zero-order valence-corrected chi connectivity index (χ0v) is 21.0. The lowest BCUT2D eigenvalue weighted by atomic mass is 9.85. The Hall–Kier alpha value is -3.17. The van der Waals surface area contributed by atoms with E-state index < -0.39 is 52.7 Å². The van der Waals surface area contributed by atoms with Crippen molar-refractivity contribution in [2.45, 2.75) is 59.5 Å². The molecular weight excluding hydrogens is 442 g/mol. The van der Waals surface area contributed by atoms with E-state index in [0.29, 0.717) is 17.7 Å². The van der Waals surface area contributed by atoms with Crippen molar-refractivity contribution in [2.75, 3.05) is 20.8 Å². The second-order valence-corrected chi connectivity index (χ2v) is 9.75. The number of ether oxygens (including phenoxy) is 2. The number of carbonyl (C=O) groups is 3. The summed E-state index contributed by atoms with van der Waals surface area (Å²) in [4.78, 5) is 49.2. The number of amides is 2. The summed E-state index contributed by atoms with van der Waals surface area (Å²) in [6, 6.07) is 5.03. The first-order chi connectivity index (χ1) is 15.8. The van der Waals surface area contributed by atoms with Crippen molar-refractivity contribution in [3.63, 3.8) is 0 Å². The molecule has 0 saturated heterocycles. The molecule has 10 nitrogen and oxygen atoms in total. The molecular formula is C24H37N3O7. The number of hydrogen-bond acceptors (Lipinski definition) is 7. The van der Waals surface area contributed by atoms with Crippen molar-refractivity contribution in [3.05, 3.63) is 39.9 Å². The number of nitro groups is 1. The highest BCUT2D eigenvalue weighted by molar-refractivity contribution is 5.92.